The molecule has 2 rings (SSSR count). The summed E-state index contributed by atoms with van der Waals surface area (Å²) in [6, 6.07) is 10.7. The molecule has 58 heavy (non-hydrogen) atoms. The van der Waals surface area contributed by atoms with Crippen LogP contribution in [0.3, 0.4) is 0 Å². The summed E-state index contributed by atoms with van der Waals surface area (Å²) in [6.45, 7) is 6.88. The van der Waals surface area contributed by atoms with Crippen LogP contribution in [0, 0.1) is 0 Å². The lowest BCUT2D eigenvalue weighted by atomic mass is 10.0. The maximum absolute atomic E-state index is 10.3. The van der Waals surface area contributed by atoms with Crippen molar-refractivity contribution in [2.24, 2.45) is 9.98 Å². The van der Waals surface area contributed by atoms with Crippen molar-refractivity contribution in [2.45, 2.75) is 219 Å². The summed E-state index contributed by atoms with van der Waals surface area (Å²) in [4.78, 5) is 8.93. The van der Waals surface area contributed by atoms with Gasteiger partial charge in [0.1, 0.15) is 23.0 Å². The molecule has 0 amide bonds. The number of unbranched alkanes of at least 4 members (excludes halogenated alkanes) is 30. The Morgan fingerprint density at radius 3 is 0.914 bits per heavy atom. The van der Waals surface area contributed by atoms with Crippen LogP contribution >= 0.6 is 0 Å². The molecule has 0 spiro atoms. The second kappa shape index (κ2) is 38.2. The number of rotatable bonds is 41. The standard InChI is InChI=1S/C52H88N2O4/c1-3-5-7-9-11-13-15-17-19-21-23-25-27-29-31-33-41-57-49-35-37-51(55)47(43-49)45-53-39-40-54-46-48-44-50(36-38-52(48)56)58-42-34-32-30-28-26-24-22-20-18-16-14-12-10-8-6-4-2/h35-38,43-46,55-56H,3-34,39-42H2,1-2H3. The molecule has 6 heteroatoms. The Morgan fingerprint density at radius 2 is 0.638 bits per heavy atom. The quantitative estimate of drug-likeness (QED) is 0.0518. The monoisotopic (exact) mass is 805 g/mol. The van der Waals surface area contributed by atoms with E-state index >= 15 is 0 Å². The first-order valence-corrected chi connectivity index (χ1v) is 24.5. The predicted molar refractivity (Wildman–Crippen MR) is 251 cm³/mol. The van der Waals surface area contributed by atoms with Gasteiger partial charge in [-0.3, -0.25) is 9.98 Å². The van der Waals surface area contributed by atoms with Gasteiger partial charge >= 0.3 is 0 Å². The van der Waals surface area contributed by atoms with E-state index < -0.39 is 0 Å². The van der Waals surface area contributed by atoms with E-state index in [-0.39, 0.29) is 11.5 Å². The van der Waals surface area contributed by atoms with Crippen molar-refractivity contribution in [1.82, 2.24) is 0 Å². The van der Waals surface area contributed by atoms with Gasteiger partial charge < -0.3 is 19.7 Å². The molecule has 2 N–H and O–H groups in total. The SMILES string of the molecule is CCCCCCCCCCCCCCCCCCOc1ccc(O)c(C=NCCN=Cc2cc(OCCCCCCCCCCCCCCCCCC)ccc2O)c1. The van der Waals surface area contributed by atoms with Gasteiger partial charge in [-0.25, -0.2) is 0 Å². The number of nitrogens with zero attached hydrogens (tertiary/aromatic N) is 2. The van der Waals surface area contributed by atoms with Gasteiger partial charge in [0.15, 0.2) is 0 Å². The fraction of sp³-hybridized carbons (Fsp3) is 0.731. The summed E-state index contributed by atoms with van der Waals surface area (Å²) in [5, 5.41) is 20.7. The summed E-state index contributed by atoms with van der Waals surface area (Å²) in [5.41, 5.74) is 1.28. The Balaban J connectivity index is 1.48. The number of phenolic OH excluding ortho intramolecular Hbond substituents is 2. The van der Waals surface area contributed by atoms with Gasteiger partial charge in [0.25, 0.3) is 0 Å². The van der Waals surface area contributed by atoms with E-state index in [4.69, 9.17) is 9.47 Å². The molecule has 0 aliphatic carbocycles. The van der Waals surface area contributed by atoms with Gasteiger partial charge in [0.2, 0.25) is 0 Å². The summed E-state index contributed by atoms with van der Waals surface area (Å²) < 4.78 is 12.0. The highest BCUT2D eigenvalue weighted by atomic mass is 16.5. The van der Waals surface area contributed by atoms with E-state index in [9.17, 15) is 10.2 Å². The lowest BCUT2D eigenvalue weighted by molar-refractivity contribution is 0.303. The highest BCUT2D eigenvalue weighted by Crippen LogP contribution is 2.24. The molecule has 2 aromatic carbocycles. The van der Waals surface area contributed by atoms with Gasteiger partial charge in [-0.2, -0.15) is 0 Å². The average molecular weight is 805 g/mol. The Labute approximate surface area is 357 Å². The molecule has 0 aliphatic rings. The molecule has 6 nitrogen and oxygen atoms in total. The first-order valence-electron chi connectivity index (χ1n) is 24.5. The molecule has 0 unspecified atom stereocenters. The molecule has 0 saturated carbocycles. The van der Waals surface area contributed by atoms with Crippen LogP contribution in [-0.4, -0.2) is 48.9 Å². The van der Waals surface area contributed by atoms with Gasteiger partial charge in [0, 0.05) is 23.6 Å². The van der Waals surface area contributed by atoms with Gasteiger partial charge in [0.05, 0.1) is 26.3 Å². The van der Waals surface area contributed by atoms with Gasteiger partial charge in [-0.1, -0.05) is 206 Å². The van der Waals surface area contributed by atoms with Crippen molar-refractivity contribution >= 4 is 12.4 Å². The number of ether oxygens (including phenoxy) is 2. The summed E-state index contributed by atoms with van der Waals surface area (Å²) in [6.07, 6.45) is 46.7. The first kappa shape index (κ1) is 51.1. The van der Waals surface area contributed by atoms with Crippen LogP contribution in [0.2, 0.25) is 0 Å². The molecule has 330 valence electrons. The Kier molecular flexibility index (Phi) is 33.7. The highest BCUT2D eigenvalue weighted by molar-refractivity contribution is 5.85. The van der Waals surface area contributed by atoms with E-state index in [2.05, 4.69) is 23.8 Å². The van der Waals surface area contributed by atoms with E-state index in [1.165, 1.54) is 193 Å². The maximum atomic E-state index is 10.3. The van der Waals surface area contributed by atoms with Crippen LogP contribution in [0.4, 0.5) is 0 Å². The molecule has 0 saturated heterocycles. The molecule has 2 aromatic rings. The minimum Gasteiger partial charge on any atom is -0.507 e. The predicted octanol–water partition coefficient (Wildman–Crippen LogP) is 15.9. The van der Waals surface area contributed by atoms with Crippen LogP contribution in [0.15, 0.2) is 46.4 Å². The van der Waals surface area contributed by atoms with E-state index in [0.29, 0.717) is 37.4 Å². The number of aliphatic imine (C=N–C) groups is 2. The van der Waals surface area contributed by atoms with Crippen molar-refractivity contribution in [3.8, 4) is 23.0 Å². The average Bonchev–Trinajstić information content (AvgIpc) is 3.23. The molecule has 0 bridgehead atoms. The van der Waals surface area contributed by atoms with Crippen LogP contribution in [0.1, 0.15) is 230 Å². The van der Waals surface area contributed by atoms with Crippen molar-refractivity contribution in [1.29, 1.82) is 0 Å². The van der Waals surface area contributed by atoms with Crippen molar-refractivity contribution in [3.63, 3.8) is 0 Å². The molecular weight excluding hydrogens is 717 g/mol. The van der Waals surface area contributed by atoms with E-state index in [1.807, 2.05) is 24.3 Å². The third kappa shape index (κ3) is 29.2. The van der Waals surface area contributed by atoms with Crippen LogP contribution in [0.5, 0.6) is 23.0 Å². The van der Waals surface area contributed by atoms with Crippen LogP contribution in [-0.2, 0) is 0 Å². The minimum absolute atomic E-state index is 0.184. The normalized spacial score (nSPS) is 11.7. The highest BCUT2D eigenvalue weighted by Gasteiger charge is 2.04. The number of aromatic hydroxyl groups is 2. The van der Waals surface area contributed by atoms with E-state index in [0.717, 1.165) is 24.3 Å². The van der Waals surface area contributed by atoms with Crippen LogP contribution in [0.25, 0.3) is 0 Å². The molecule has 0 aromatic heterocycles. The Bertz CT molecular complexity index is 1180. The first-order chi connectivity index (χ1) is 28.6. The molecule has 0 heterocycles. The van der Waals surface area contributed by atoms with E-state index in [1.54, 1.807) is 24.6 Å². The van der Waals surface area contributed by atoms with Crippen molar-refractivity contribution < 1.29 is 19.7 Å². The number of hydrogen-bond donors (Lipinski definition) is 2. The summed E-state index contributed by atoms with van der Waals surface area (Å²) >= 11 is 0. The Morgan fingerprint density at radius 1 is 0.379 bits per heavy atom. The minimum atomic E-state index is 0.184. The Hall–Kier alpha value is -3.02. The molecule has 0 aliphatic heterocycles. The summed E-state index contributed by atoms with van der Waals surface area (Å²) in [5.74, 6) is 1.88. The maximum Gasteiger partial charge on any atom is 0.124 e. The van der Waals surface area contributed by atoms with Gasteiger partial charge in [-0.15, -0.1) is 0 Å². The third-order valence-corrected chi connectivity index (χ3v) is 11.4. The second-order valence-electron chi connectivity index (χ2n) is 16.8. The molecular formula is C52H88N2O4. The zero-order valence-corrected chi connectivity index (χ0v) is 37.7. The van der Waals surface area contributed by atoms with Crippen molar-refractivity contribution in [3.05, 3.63) is 47.5 Å². The second-order valence-corrected chi connectivity index (χ2v) is 16.8. The van der Waals surface area contributed by atoms with Crippen LogP contribution < -0.4 is 9.47 Å². The molecule has 0 atom stereocenters. The fourth-order valence-electron chi connectivity index (χ4n) is 7.57. The fourth-order valence-corrected chi connectivity index (χ4v) is 7.57. The topological polar surface area (TPSA) is 83.6 Å². The molecule has 0 radical (unpaired) electrons. The number of benzene rings is 2. The number of phenols is 2. The zero-order chi connectivity index (χ0) is 41.4. The molecule has 0 fully saturated rings. The third-order valence-electron chi connectivity index (χ3n) is 11.4. The zero-order valence-electron chi connectivity index (χ0n) is 37.7. The lowest BCUT2D eigenvalue weighted by Gasteiger charge is -2.08. The summed E-state index contributed by atoms with van der Waals surface area (Å²) in [7, 11) is 0. The smallest absolute Gasteiger partial charge is 0.124 e. The van der Waals surface area contributed by atoms with Crippen molar-refractivity contribution in [2.75, 3.05) is 26.3 Å². The lowest BCUT2D eigenvalue weighted by Crippen LogP contribution is -1.98. The van der Waals surface area contributed by atoms with Gasteiger partial charge in [-0.05, 0) is 49.2 Å². The number of hydrogen-bond acceptors (Lipinski definition) is 6. The largest absolute Gasteiger partial charge is 0.507 e.